The van der Waals surface area contributed by atoms with E-state index in [-0.39, 0.29) is 30.2 Å². The van der Waals surface area contributed by atoms with Crippen molar-refractivity contribution in [2.24, 2.45) is 11.8 Å². The van der Waals surface area contributed by atoms with E-state index in [1.165, 1.54) is 16.2 Å². The summed E-state index contributed by atoms with van der Waals surface area (Å²) in [7, 11) is 3.18. The van der Waals surface area contributed by atoms with Gasteiger partial charge in [0.05, 0.1) is 38.3 Å². The van der Waals surface area contributed by atoms with E-state index in [1.807, 2.05) is 35.7 Å². The fourth-order valence-electron chi connectivity index (χ4n) is 3.67. The lowest BCUT2D eigenvalue weighted by Crippen LogP contribution is -2.30. The predicted molar refractivity (Wildman–Crippen MR) is 102 cm³/mol. The van der Waals surface area contributed by atoms with Crippen molar-refractivity contribution >= 4 is 23.2 Å². The molecule has 0 spiro atoms. The molecule has 1 fully saturated rings. The zero-order valence-corrected chi connectivity index (χ0v) is 16.0. The van der Waals surface area contributed by atoms with E-state index < -0.39 is 0 Å². The van der Waals surface area contributed by atoms with Crippen molar-refractivity contribution in [2.75, 3.05) is 14.2 Å². The molecule has 1 aliphatic heterocycles. The van der Waals surface area contributed by atoms with Gasteiger partial charge in [-0.2, -0.15) is 0 Å². The molecule has 1 aromatic carbocycles. The molecule has 2 aliphatic rings. The zero-order valence-electron chi connectivity index (χ0n) is 15.2. The molecule has 0 radical (unpaired) electrons. The Kier molecular flexibility index (Phi) is 4.70. The number of imide groups is 1. The van der Waals surface area contributed by atoms with Gasteiger partial charge in [-0.05, 0) is 31.0 Å². The lowest BCUT2D eigenvalue weighted by molar-refractivity contribution is -0.140. The summed E-state index contributed by atoms with van der Waals surface area (Å²) >= 11 is 1.48. The molecule has 27 heavy (non-hydrogen) atoms. The number of fused-ring (bicyclic) bond motifs is 1. The Bertz CT molecular complexity index is 894. The molecular formula is C20H20N2O4S. The number of amides is 2. The molecule has 2 heterocycles. The number of ether oxygens (including phenoxy) is 2. The summed E-state index contributed by atoms with van der Waals surface area (Å²) < 4.78 is 10.6. The second-order valence-electron chi connectivity index (χ2n) is 6.63. The van der Waals surface area contributed by atoms with Gasteiger partial charge in [0.2, 0.25) is 11.8 Å². The minimum atomic E-state index is -0.202. The van der Waals surface area contributed by atoms with Crippen LogP contribution in [-0.4, -0.2) is 35.9 Å². The monoisotopic (exact) mass is 384 g/mol. The highest BCUT2D eigenvalue weighted by atomic mass is 32.1. The number of methoxy groups -OCH3 is 2. The molecule has 1 saturated heterocycles. The van der Waals surface area contributed by atoms with Crippen LogP contribution in [0.1, 0.15) is 18.5 Å². The van der Waals surface area contributed by atoms with E-state index in [0.717, 1.165) is 16.3 Å². The molecule has 0 unspecified atom stereocenters. The van der Waals surface area contributed by atoms with Crippen LogP contribution < -0.4 is 9.47 Å². The van der Waals surface area contributed by atoms with Crippen LogP contribution in [0, 0.1) is 11.8 Å². The summed E-state index contributed by atoms with van der Waals surface area (Å²) in [5.74, 6) is 0.735. The Morgan fingerprint density at radius 1 is 1.07 bits per heavy atom. The topological polar surface area (TPSA) is 68.7 Å². The van der Waals surface area contributed by atoms with Crippen LogP contribution in [-0.2, 0) is 16.1 Å². The number of benzene rings is 1. The van der Waals surface area contributed by atoms with E-state index in [9.17, 15) is 9.59 Å². The summed E-state index contributed by atoms with van der Waals surface area (Å²) in [4.78, 5) is 31.2. The van der Waals surface area contributed by atoms with Gasteiger partial charge in [-0.1, -0.05) is 12.2 Å². The summed E-state index contributed by atoms with van der Waals surface area (Å²) in [6.45, 7) is 0.231. The van der Waals surface area contributed by atoms with Crippen molar-refractivity contribution in [3.05, 3.63) is 41.4 Å². The van der Waals surface area contributed by atoms with Crippen LogP contribution in [0.5, 0.6) is 11.5 Å². The fraction of sp³-hybridized carbons (Fsp3) is 0.350. The van der Waals surface area contributed by atoms with Gasteiger partial charge in [-0.15, -0.1) is 11.3 Å². The molecule has 0 bridgehead atoms. The largest absolute Gasteiger partial charge is 0.493 e. The van der Waals surface area contributed by atoms with Gasteiger partial charge in [0.15, 0.2) is 11.5 Å². The maximum Gasteiger partial charge on any atom is 0.233 e. The summed E-state index contributed by atoms with van der Waals surface area (Å²) in [6, 6.07) is 5.62. The van der Waals surface area contributed by atoms with E-state index in [2.05, 4.69) is 4.98 Å². The second kappa shape index (κ2) is 7.15. The third-order valence-electron chi connectivity index (χ3n) is 5.10. The molecular weight excluding hydrogens is 364 g/mol. The number of hydrogen-bond donors (Lipinski definition) is 0. The highest BCUT2D eigenvalue weighted by Crippen LogP contribution is 2.37. The van der Waals surface area contributed by atoms with E-state index in [0.29, 0.717) is 24.3 Å². The predicted octanol–water partition coefficient (Wildman–Crippen LogP) is 3.28. The van der Waals surface area contributed by atoms with Gasteiger partial charge in [-0.3, -0.25) is 14.5 Å². The van der Waals surface area contributed by atoms with Crippen molar-refractivity contribution in [3.8, 4) is 22.1 Å². The van der Waals surface area contributed by atoms with Crippen LogP contribution in [0.2, 0.25) is 0 Å². The third-order valence-corrected chi connectivity index (χ3v) is 6.04. The molecule has 6 nitrogen and oxygen atoms in total. The van der Waals surface area contributed by atoms with Gasteiger partial charge in [0.1, 0.15) is 5.01 Å². The quantitative estimate of drug-likeness (QED) is 0.585. The van der Waals surface area contributed by atoms with Crippen LogP contribution in [0.4, 0.5) is 0 Å². The van der Waals surface area contributed by atoms with E-state index in [1.54, 1.807) is 14.2 Å². The smallest absolute Gasteiger partial charge is 0.233 e. The maximum absolute atomic E-state index is 12.6. The lowest BCUT2D eigenvalue weighted by atomic mass is 9.85. The van der Waals surface area contributed by atoms with Crippen LogP contribution in [0.3, 0.4) is 0 Å². The SMILES string of the molecule is COc1ccc(-c2nc(CN3C(=O)[C@H]4CC=CC[C@H]4C3=O)cs2)cc1OC. The Morgan fingerprint density at radius 3 is 2.37 bits per heavy atom. The van der Waals surface area contributed by atoms with E-state index >= 15 is 0 Å². The van der Waals surface area contributed by atoms with Gasteiger partial charge >= 0.3 is 0 Å². The first-order chi connectivity index (χ1) is 13.1. The fourth-order valence-corrected chi connectivity index (χ4v) is 4.48. The average molecular weight is 384 g/mol. The Balaban J connectivity index is 1.54. The van der Waals surface area contributed by atoms with Gasteiger partial charge < -0.3 is 9.47 Å². The molecule has 140 valence electrons. The first kappa shape index (κ1) is 17.7. The Hall–Kier alpha value is -2.67. The molecule has 2 amide bonds. The van der Waals surface area contributed by atoms with Crippen LogP contribution in [0.25, 0.3) is 10.6 Å². The molecule has 0 saturated carbocycles. The number of aromatic nitrogens is 1. The maximum atomic E-state index is 12.6. The first-order valence-corrected chi connectivity index (χ1v) is 9.67. The van der Waals surface area contributed by atoms with Crippen LogP contribution >= 0.6 is 11.3 Å². The minimum absolute atomic E-state index is 0.0741. The second-order valence-corrected chi connectivity index (χ2v) is 7.49. The standard InChI is InChI=1S/C20H20N2O4S/c1-25-16-8-7-12(9-17(16)26-2)18-21-13(11-27-18)10-22-19(23)14-5-3-4-6-15(14)20(22)24/h3-4,7-9,11,14-15H,5-6,10H2,1-2H3/t14-,15+. The Labute approximate surface area is 161 Å². The van der Waals surface area contributed by atoms with Crippen molar-refractivity contribution in [1.29, 1.82) is 0 Å². The number of hydrogen-bond acceptors (Lipinski definition) is 6. The molecule has 0 N–H and O–H groups in total. The number of nitrogens with zero attached hydrogens (tertiary/aromatic N) is 2. The number of rotatable bonds is 5. The number of carbonyl (C=O) groups excluding carboxylic acids is 2. The van der Waals surface area contributed by atoms with Crippen molar-refractivity contribution in [3.63, 3.8) is 0 Å². The third kappa shape index (κ3) is 3.12. The molecule has 1 aliphatic carbocycles. The zero-order chi connectivity index (χ0) is 19.0. The summed E-state index contributed by atoms with van der Waals surface area (Å²) in [5.41, 5.74) is 1.62. The molecule has 7 heteroatoms. The minimum Gasteiger partial charge on any atom is -0.493 e. The highest BCUT2D eigenvalue weighted by Gasteiger charge is 2.47. The summed E-state index contributed by atoms with van der Waals surface area (Å²) in [5, 5.41) is 2.71. The lowest BCUT2D eigenvalue weighted by Gasteiger charge is -2.14. The molecule has 1 aromatic heterocycles. The van der Waals surface area contributed by atoms with Crippen molar-refractivity contribution in [1.82, 2.24) is 9.88 Å². The van der Waals surface area contributed by atoms with Gasteiger partial charge in [0.25, 0.3) is 0 Å². The number of carbonyl (C=O) groups is 2. The molecule has 2 atom stereocenters. The number of allylic oxidation sites excluding steroid dienone is 2. The number of thiazole rings is 1. The normalized spacial score (nSPS) is 21.5. The summed E-state index contributed by atoms with van der Waals surface area (Å²) in [6.07, 6.45) is 5.29. The van der Waals surface area contributed by atoms with Gasteiger partial charge in [0, 0.05) is 10.9 Å². The van der Waals surface area contributed by atoms with E-state index in [4.69, 9.17) is 9.47 Å². The Morgan fingerprint density at radius 2 is 1.74 bits per heavy atom. The molecule has 2 aromatic rings. The van der Waals surface area contributed by atoms with Crippen molar-refractivity contribution in [2.45, 2.75) is 19.4 Å². The van der Waals surface area contributed by atoms with Gasteiger partial charge in [-0.25, -0.2) is 4.98 Å². The first-order valence-electron chi connectivity index (χ1n) is 8.79. The number of likely N-dealkylation sites (tertiary alicyclic amines) is 1. The highest BCUT2D eigenvalue weighted by molar-refractivity contribution is 7.13. The van der Waals surface area contributed by atoms with Crippen molar-refractivity contribution < 1.29 is 19.1 Å². The molecule has 4 rings (SSSR count). The average Bonchev–Trinajstić information content (AvgIpc) is 3.27. The van der Waals surface area contributed by atoms with Crippen LogP contribution in [0.15, 0.2) is 35.7 Å².